The summed E-state index contributed by atoms with van der Waals surface area (Å²) in [5, 5.41) is 11.1. The van der Waals surface area contributed by atoms with Crippen LogP contribution in [0.25, 0.3) is 10.2 Å². The first-order chi connectivity index (χ1) is 14.9. The average Bonchev–Trinajstić information content (AvgIpc) is 3.09. The Labute approximate surface area is 180 Å². The van der Waals surface area contributed by atoms with Gasteiger partial charge in [0.1, 0.15) is 18.0 Å². The molecule has 1 amide bonds. The minimum atomic E-state index is -0.587. The summed E-state index contributed by atoms with van der Waals surface area (Å²) in [5.41, 5.74) is 0.646. The third-order valence-corrected chi connectivity index (χ3v) is 5.31. The molecule has 0 aliphatic rings. The Hall–Kier alpha value is -3.73. The number of ether oxygens (including phenoxy) is 3. The highest BCUT2D eigenvalue weighted by Gasteiger charge is 2.16. The number of esters is 1. The molecule has 0 N–H and O–H groups in total. The first-order valence-corrected chi connectivity index (χ1v) is 9.93. The molecule has 3 aromatic rings. The van der Waals surface area contributed by atoms with E-state index in [-0.39, 0.29) is 29.2 Å². The van der Waals surface area contributed by atoms with Crippen LogP contribution in [-0.4, -0.2) is 42.2 Å². The molecule has 0 unspecified atom stereocenters. The van der Waals surface area contributed by atoms with E-state index in [1.807, 2.05) is 0 Å². The fourth-order valence-corrected chi connectivity index (χ4v) is 3.89. The molecule has 3 rings (SSSR count). The van der Waals surface area contributed by atoms with Crippen molar-refractivity contribution in [2.75, 3.05) is 20.8 Å². The number of amides is 1. The fourth-order valence-electron chi connectivity index (χ4n) is 2.83. The van der Waals surface area contributed by atoms with E-state index in [2.05, 4.69) is 4.99 Å². The van der Waals surface area contributed by atoms with Crippen molar-refractivity contribution in [1.82, 2.24) is 4.57 Å². The lowest BCUT2D eigenvalue weighted by Crippen LogP contribution is -2.23. The number of thiazole rings is 1. The van der Waals surface area contributed by atoms with Crippen LogP contribution in [0.15, 0.2) is 41.4 Å². The second kappa shape index (κ2) is 9.39. The highest BCUT2D eigenvalue weighted by molar-refractivity contribution is 7.16. The number of hydrogen-bond donors (Lipinski definition) is 0. The number of non-ortho nitro benzene ring substituents is 1. The van der Waals surface area contributed by atoms with E-state index >= 15 is 0 Å². The lowest BCUT2D eigenvalue weighted by atomic mass is 10.2. The van der Waals surface area contributed by atoms with Crippen molar-refractivity contribution in [2.45, 2.75) is 13.5 Å². The van der Waals surface area contributed by atoms with Crippen LogP contribution in [0.3, 0.4) is 0 Å². The molecule has 31 heavy (non-hydrogen) atoms. The molecule has 1 heterocycles. The molecule has 0 atom stereocenters. The van der Waals surface area contributed by atoms with Gasteiger partial charge >= 0.3 is 5.97 Å². The molecule has 0 fully saturated rings. The molecule has 162 valence electrons. The molecule has 11 heteroatoms. The van der Waals surface area contributed by atoms with E-state index in [1.165, 1.54) is 49.1 Å². The Bertz CT molecular complexity index is 1210. The summed E-state index contributed by atoms with van der Waals surface area (Å²) in [6.07, 6.45) is 0. The van der Waals surface area contributed by atoms with Gasteiger partial charge in [0, 0.05) is 23.8 Å². The summed E-state index contributed by atoms with van der Waals surface area (Å²) in [6, 6.07) is 8.87. The zero-order valence-electron chi connectivity index (χ0n) is 17.0. The number of hydrogen-bond acceptors (Lipinski definition) is 8. The molecule has 1 aromatic heterocycles. The van der Waals surface area contributed by atoms with Crippen molar-refractivity contribution < 1.29 is 28.7 Å². The Morgan fingerprint density at radius 3 is 2.39 bits per heavy atom. The number of benzene rings is 2. The number of carbonyl (C=O) groups is 2. The highest BCUT2D eigenvalue weighted by Crippen LogP contribution is 2.25. The molecule has 0 bridgehead atoms. The van der Waals surface area contributed by atoms with Crippen molar-refractivity contribution in [2.24, 2.45) is 4.99 Å². The zero-order chi connectivity index (χ0) is 22.5. The predicted molar refractivity (Wildman–Crippen MR) is 113 cm³/mol. The molecular formula is C20H19N3O7S. The Kier molecular flexibility index (Phi) is 6.65. The van der Waals surface area contributed by atoms with Gasteiger partial charge in [-0.3, -0.25) is 19.7 Å². The summed E-state index contributed by atoms with van der Waals surface area (Å²) in [4.78, 5) is 39.9. The van der Waals surface area contributed by atoms with Crippen LogP contribution in [0.5, 0.6) is 11.5 Å². The maximum atomic E-state index is 12.9. The number of nitro groups is 1. The Morgan fingerprint density at radius 1 is 1.13 bits per heavy atom. The van der Waals surface area contributed by atoms with Gasteiger partial charge in [-0.05, 0) is 25.1 Å². The molecule has 0 aliphatic heterocycles. The van der Waals surface area contributed by atoms with Crippen LogP contribution in [-0.2, 0) is 16.1 Å². The number of aromatic nitrogens is 1. The summed E-state index contributed by atoms with van der Waals surface area (Å²) in [6.45, 7) is 1.68. The number of carbonyl (C=O) groups excluding carboxylic acids is 2. The van der Waals surface area contributed by atoms with Crippen LogP contribution in [0.4, 0.5) is 5.69 Å². The molecule has 0 radical (unpaired) electrons. The maximum Gasteiger partial charge on any atom is 0.326 e. The maximum absolute atomic E-state index is 12.9. The van der Waals surface area contributed by atoms with Crippen LogP contribution in [0.2, 0.25) is 0 Å². The summed E-state index contributed by atoms with van der Waals surface area (Å²) >= 11 is 1.06. The summed E-state index contributed by atoms with van der Waals surface area (Å²) < 4.78 is 17.4. The quantitative estimate of drug-likeness (QED) is 0.311. The van der Waals surface area contributed by atoms with Crippen LogP contribution >= 0.6 is 11.3 Å². The largest absolute Gasteiger partial charge is 0.497 e. The summed E-state index contributed by atoms with van der Waals surface area (Å²) in [5.74, 6) is -0.262. The van der Waals surface area contributed by atoms with E-state index in [1.54, 1.807) is 13.0 Å². The van der Waals surface area contributed by atoms with Gasteiger partial charge in [0.15, 0.2) is 4.80 Å². The third-order valence-electron chi connectivity index (χ3n) is 4.27. The Balaban J connectivity index is 2.14. The van der Waals surface area contributed by atoms with Gasteiger partial charge in [0.2, 0.25) is 0 Å². The highest BCUT2D eigenvalue weighted by atomic mass is 32.1. The molecule has 2 aromatic carbocycles. The first-order valence-electron chi connectivity index (χ1n) is 9.11. The molecule has 0 aliphatic carbocycles. The standard InChI is InChI=1S/C20H19N3O7S/c1-4-30-18(24)11-22-16-6-5-13(23(26)27)9-17(16)31-20(22)21-19(25)12-7-14(28-2)10-15(8-12)29-3/h5-10H,4,11H2,1-3H3. The number of nitrogens with zero attached hydrogens (tertiary/aromatic N) is 3. The van der Waals surface area contributed by atoms with Gasteiger partial charge in [-0.25, -0.2) is 0 Å². The average molecular weight is 445 g/mol. The lowest BCUT2D eigenvalue weighted by Gasteiger charge is -2.06. The summed E-state index contributed by atoms with van der Waals surface area (Å²) in [7, 11) is 2.93. The van der Waals surface area contributed by atoms with E-state index in [4.69, 9.17) is 14.2 Å². The van der Waals surface area contributed by atoms with Crippen molar-refractivity contribution in [3.63, 3.8) is 0 Å². The molecular weight excluding hydrogens is 426 g/mol. The third kappa shape index (κ3) is 4.89. The van der Waals surface area contributed by atoms with Gasteiger partial charge in [-0.2, -0.15) is 4.99 Å². The van der Waals surface area contributed by atoms with Gasteiger partial charge in [-0.15, -0.1) is 0 Å². The fraction of sp³-hybridized carbons (Fsp3) is 0.250. The predicted octanol–water partition coefficient (Wildman–Crippen LogP) is 2.93. The molecule has 0 spiro atoms. The van der Waals surface area contributed by atoms with Crippen LogP contribution < -0.4 is 14.3 Å². The van der Waals surface area contributed by atoms with Gasteiger partial charge in [0.25, 0.3) is 11.6 Å². The number of methoxy groups -OCH3 is 2. The van der Waals surface area contributed by atoms with Crippen molar-refractivity contribution in [3.05, 3.63) is 56.9 Å². The van der Waals surface area contributed by atoms with E-state index in [9.17, 15) is 19.7 Å². The minimum absolute atomic E-state index is 0.104. The molecule has 10 nitrogen and oxygen atoms in total. The second-order valence-electron chi connectivity index (χ2n) is 6.20. The number of rotatable bonds is 7. The monoisotopic (exact) mass is 445 g/mol. The first kappa shape index (κ1) is 22.0. The zero-order valence-corrected chi connectivity index (χ0v) is 17.8. The SMILES string of the molecule is CCOC(=O)Cn1c(=NC(=O)c2cc(OC)cc(OC)c2)sc2cc([N+](=O)[O-])ccc21. The van der Waals surface area contributed by atoms with E-state index in [0.717, 1.165) is 11.3 Å². The smallest absolute Gasteiger partial charge is 0.326 e. The molecule has 0 saturated carbocycles. The number of nitro benzene ring substituents is 1. The van der Waals surface area contributed by atoms with Gasteiger partial charge in [0.05, 0.1) is 36.0 Å². The number of fused-ring (bicyclic) bond motifs is 1. The van der Waals surface area contributed by atoms with Crippen molar-refractivity contribution in [3.8, 4) is 11.5 Å². The normalized spacial score (nSPS) is 11.4. The van der Waals surface area contributed by atoms with Crippen molar-refractivity contribution in [1.29, 1.82) is 0 Å². The Morgan fingerprint density at radius 2 is 1.81 bits per heavy atom. The van der Waals surface area contributed by atoms with E-state index < -0.39 is 16.8 Å². The topological polar surface area (TPSA) is 122 Å². The second-order valence-corrected chi connectivity index (χ2v) is 7.21. The van der Waals surface area contributed by atoms with Gasteiger partial charge in [-0.1, -0.05) is 11.3 Å². The van der Waals surface area contributed by atoms with Crippen molar-refractivity contribution >= 4 is 39.1 Å². The lowest BCUT2D eigenvalue weighted by molar-refractivity contribution is -0.384. The van der Waals surface area contributed by atoms with Gasteiger partial charge < -0.3 is 18.8 Å². The van der Waals surface area contributed by atoms with E-state index in [0.29, 0.717) is 21.7 Å². The molecule has 0 saturated heterocycles. The van der Waals surface area contributed by atoms with Crippen LogP contribution in [0.1, 0.15) is 17.3 Å². The minimum Gasteiger partial charge on any atom is -0.497 e. The van der Waals surface area contributed by atoms with Crippen LogP contribution in [0, 0.1) is 10.1 Å².